The van der Waals surface area contributed by atoms with Crippen LogP contribution in [0.15, 0.2) is 42.5 Å². The van der Waals surface area contributed by atoms with E-state index in [4.69, 9.17) is 33.2 Å². The third-order valence-corrected chi connectivity index (χ3v) is 4.42. The Morgan fingerprint density at radius 3 is 2.42 bits per heavy atom. The van der Waals surface area contributed by atoms with Crippen molar-refractivity contribution in [2.75, 3.05) is 0 Å². The number of benzene rings is 2. The van der Waals surface area contributed by atoms with Gasteiger partial charge in [0.05, 0.1) is 16.1 Å². The van der Waals surface area contributed by atoms with Crippen LogP contribution in [-0.4, -0.2) is 19.5 Å². The van der Waals surface area contributed by atoms with Gasteiger partial charge in [-0.25, -0.2) is 15.0 Å². The number of aryl methyl sites for hydroxylation is 1. The van der Waals surface area contributed by atoms with Gasteiger partial charge in [-0.1, -0.05) is 42.3 Å². The molecule has 0 aliphatic rings. The second-order valence-electron chi connectivity index (χ2n) is 5.57. The summed E-state index contributed by atoms with van der Waals surface area (Å²) in [5.41, 5.74) is 3.93. The largest absolute Gasteiger partial charge is 0.307 e. The molecular weight excluding hydrogens is 343 g/mol. The van der Waals surface area contributed by atoms with Crippen molar-refractivity contribution in [3.05, 3.63) is 52.5 Å². The molecule has 0 saturated heterocycles. The van der Waals surface area contributed by atoms with Crippen molar-refractivity contribution in [3.8, 4) is 11.4 Å². The third-order valence-electron chi connectivity index (χ3n) is 3.88. The van der Waals surface area contributed by atoms with Crippen LogP contribution in [0, 0.1) is 0 Å². The number of hydrogen-bond donors (Lipinski definition) is 0. The van der Waals surface area contributed by atoms with E-state index in [0.29, 0.717) is 15.7 Å². The van der Waals surface area contributed by atoms with Gasteiger partial charge in [0.25, 0.3) is 0 Å². The summed E-state index contributed by atoms with van der Waals surface area (Å²) in [6.07, 6.45) is 0.957. The fourth-order valence-electron chi connectivity index (χ4n) is 2.81. The Kier molecular flexibility index (Phi) is 3.87. The van der Waals surface area contributed by atoms with Gasteiger partial charge in [0, 0.05) is 17.1 Å². The minimum Gasteiger partial charge on any atom is -0.307 e. The molecule has 0 atom stereocenters. The van der Waals surface area contributed by atoms with Gasteiger partial charge >= 0.3 is 0 Å². The van der Waals surface area contributed by atoms with Crippen molar-refractivity contribution < 1.29 is 0 Å². The first-order chi connectivity index (χ1) is 11.7. The molecule has 4 rings (SSSR count). The molecule has 0 saturated carbocycles. The molecule has 2 aromatic carbocycles. The van der Waals surface area contributed by atoms with Crippen molar-refractivity contribution in [3.63, 3.8) is 0 Å². The van der Waals surface area contributed by atoms with Gasteiger partial charge in [-0.3, -0.25) is 0 Å². The molecule has 0 radical (unpaired) electrons. The van der Waals surface area contributed by atoms with Gasteiger partial charge in [0.2, 0.25) is 0 Å². The summed E-state index contributed by atoms with van der Waals surface area (Å²) < 4.78 is 2.07. The van der Waals surface area contributed by atoms with Crippen molar-refractivity contribution in [1.29, 1.82) is 0 Å². The molecule has 0 spiro atoms. The molecule has 0 aliphatic heterocycles. The summed E-state index contributed by atoms with van der Waals surface area (Å²) >= 11 is 12.4. The predicted octanol–water partition coefficient (Wildman–Crippen LogP) is 5.36. The van der Waals surface area contributed by atoms with Gasteiger partial charge in [0.1, 0.15) is 5.82 Å². The van der Waals surface area contributed by atoms with Crippen molar-refractivity contribution in [2.24, 2.45) is 0 Å². The third kappa shape index (κ3) is 2.52. The van der Waals surface area contributed by atoms with Crippen molar-refractivity contribution in [2.45, 2.75) is 19.9 Å². The highest BCUT2D eigenvalue weighted by Gasteiger charge is 2.17. The lowest BCUT2D eigenvalue weighted by Crippen LogP contribution is -2.01. The van der Waals surface area contributed by atoms with Gasteiger partial charge in [-0.2, -0.15) is 0 Å². The lowest BCUT2D eigenvalue weighted by Gasteiger charge is -2.08. The zero-order valence-corrected chi connectivity index (χ0v) is 14.5. The van der Waals surface area contributed by atoms with E-state index < -0.39 is 0 Å². The molecule has 2 heterocycles. The summed E-state index contributed by atoms with van der Waals surface area (Å²) in [5.74, 6) is 0.767. The first-order valence-electron chi connectivity index (χ1n) is 7.76. The van der Waals surface area contributed by atoms with Crippen molar-refractivity contribution in [1.82, 2.24) is 19.5 Å². The van der Waals surface area contributed by atoms with E-state index in [-0.39, 0.29) is 0 Å². The molecule has 0 unspecified atom stereocenters. The highest BCUT2D eigenvalue weighted by atomic mass is 35.5. The molecule has 4 aromatic rings. The summed E-state index contributed by atoms with van der Waals surface area (Å²) in [6.45, 7) is 2.91. The number of halogens is 2. The number of para-hydroxylation sites is 2. The quantitative estimate of drug-likeness (QED) is 0.496. The Bertz CT molecular complexity index is 1060. The molecule has 120 valence electrons. The van der Waals surface area contributed by atoms with E-state index in [1.165, 1.54) is 0 Å². The van der Waals surface area contributed by atoms with Gasteiger partial charge in [-0.05, 0) is 36.8 Å². The minimum absolute atomic E-state index is 0.569. The highest BCUT2D eigenvalue weighted by molar-refractivity contribution is 6.36. The van der Waals surface area contributed by atoms with Crippen LogP contribution < -0.4 is 0 Å². The topological polar surface area (TPSA) is 43.6 Å². The maximum atomic E-state index is 6.39. The Morgan fingerprint density at radius 2 is 1.71 bits per heavy atom. The summed E-state index contributed by atoms with van der Waals surface area (Å²) in [7, 11) is 0. The molecule has 4 nitrogen and oxygen atoms in total. The highest BCUT2D eigenvalue weighted by Crippen LogP contribution is 2.32. The van der Waals surface area contributed by atoms with E-state index in [0.717, 1.165) is 41.0 Å². The monoisotopic (exact) mass is 356 g/mol. The second-order valence-corrected chi connectivity index (χ2v) is 6.41. The molecule has 24 heavy (non-hydrogen) atoms. The molecule has 0 N–H and O–H groups in total. The normalized spacial score (nSPS) is 11.5. The minimum atomic E-state index is 0.569. The van der Waals surface area contributed by atoms with E-state index in [9.17, 15) is 0 Å². The smallest absolute Gasteiger partial charge is 0.198 e. The van der Waals surface area contributed by atoms with Gasteiger partial charge in [0.15, 0.2) is 11.3 Å². The lowest BCUT2D eigenvalue weighted by molar-refractivity contribution is 0.699. The fraction of sp³-hybridized carbons (Fsp3) is 0.167. The van der Waals surface area contributed by atoms with E-state index in [1.807, 2.05) is 36.4 Å². The van der Waals surface area contributed by atoms with Crippen molar-refractivity contribution >= 4 is 45.5 Å². The Hall–Kier alpha value is -2.17. The average molecular weight is 357 g/mol. The van der Waals surface area contributed by atoms with E-state index in [1.54, 1.807) is 6.07 Å². The lowest BCUT2D eigenvalue weighted by atomic mass is 10.2. The predicted molar refractivity (Wildman–Crippen MR) is 98.6 cm³/mol. The Morgan fingerprint density at radius 1 is 0.958 bits per heavy atom. The summed E-state index contributed by atoms with van der Waals surface area (Å²) in [4.78, 5) is 14.1. The molecule has 0 amide bonds. The Labute approximate surface area is 149 Å². The van der Waals surface area contributed by atoms with Crippen LogP contribution in [0.5, 0.6) is 0 Å². The van der Waals surface area contributed by atoms with Crippen LogP contribution in [0.4, 0.5) is 0 Å². The van der Waals surface area contributed by atoms with Crippen LogP contribution in [0.1, 0.15) is 13.3 Å². The van der Waals surface area contributed by atoms with E-state index >= 15 is 0 Å². The molecular formula is C18H14Cl2N4. The average Bonchev–Trinajstić information content (AvgIpc) is 2.91. The van der Waals surface area contributed by atoms with Gasteiger partial charge in [-0.15, -0.1) is 0 Å². The number of rotatable bonds is 3. The number of imidazole rings is 1. The van der Waals surface area contributed by atoms with Crippen LogP contribution in [0.2, 0.25) is 10.0 Å². The maximum absolute atomic E-state index is 6.39. The first kappa shape index (κ1) is 15.4. The maximum Gasteiger partial charge on any atom is 0.198 e. The molecule has 2 aromatic heterocycles. The summed E-state index contributed by atoms with van der Waals surface area (Å²) in [6, 6.07) is 13.2. The number of hydrogen-bond acceptors (Lipinski definition) is 3. The summed E-state index contributed by atoms with van der Waals surface area (Å²) in [5, 5.41) is 1.17. The molecule has 0 fully saturated rings. The van der Waals surface area contributed by atoms with E-state index in [2.05, 4.69) is 16.5 Å². The van der Waals surface area contributed by atoms with Crippen LogP contribution in [-0.2, 0) is 6.54 Å². The Balaban J connectivity index is 2.03. The SMILES string of the molecule is CCCn1c(-c2ccc(Cl)cc2Cl)nc2nc3ccccc3nc21. The standard InChI is InChI=1S/C18H14Cl2N4/c1-2-9-24-17(12-8-7-11(19)10-13(12)20)23-16-18(24)22-15-6-4-3-5-14(15)21-16/h3-8,10H,2,9H2,1H3. The zero-order chi connectivity index (χ0) is 16.7. The second kappa shape index (κ2) is 6.04. The molecule has 6 heteroatoms. The number of fused-ring (bicyclic) bond motifs is 2. The van der Waals surface area contributed by atoms with Crippen LogP contribution in [0.3, 0.4) is 0 Å². The van der Waals surface area contributed by atoms with Crippen LogP contribution in [0.25, 0.3) is 33.7 Å². The van der Waals surface area contributed by atoms with Gasteiger partial charge < -0.3 is 4.57 Å². The first-order valence-corrected chi connectivity index (χ1v) is 8.51. The number of nitrogens with zero attached hydrogens (tertiary/aromatic N) is 4. The molecule has 0 aliphatic carbocycles. The van der Waals surface area contributed by atoms with Crippen LogP contribution >= 0.6 is 23.2 Å². The fourth-order valence-corrected chi connectivity index (χ4v) is 3.30. The zero-order valence-electron chi connectivity index (χ0n) is 13.0. The molecule has 0 bridgehead atoms. The number of aromatic nitrogens is 4.